The lowest BCUT2D eigenvalue weighted by Gasteiger charge is -2.23. The summed E-state index contributed by atoms with van der Waals surface area (Å²) < 4.78 is 7.12. The van der Waals surface area contributed by atoms with Crippen molar-refractivity contribution < 1.29 is 9.53 Å². The summed E-state index contributed by atoms with van der Waals surface area (Å²) in [6, 6.07) is 5.77. The molecule has 1 saturated heterocycles. The van der Waals surface area contributed by atoms with Gasteiger partial charge in [-0.3, -0.25) is 9.48 Å². The average molecular weight is 323 g/mol. The number of carbonyl (C=O) groups excluding carboxylic acids is 1. The Balaban J connectivity index is 1.65. The number of rotatable bonds is 4. The Hall–Kier alpha value is -1.63. The van der Waals surface area contributed by atoms with E-state index >= 15 is 0 Å². The zero-order valence-corrected chi connectivity index (χ0v) is 13.2. The van der Waals surface area contributed by atoms with Crippen LogP contribution in [0.15, 0.2) is 18.2 Å². The van der Waals surface area contributed by atoms with E-state index in [2.05, 4.69) is 15.7 Å². The van der Waals surface area contributed by atoms with Crippen LogP contribution >= 0.6 is 11.6 Å². The van der Waals surface area contributed by atoms with Gasteiger partial charge in [-0.1, -0.05) is 17.7 Å². The molecule has 0 spiro atoms. The summed E-state index contributed by atoms with van der Waals surface area (Å²) in [5, 5.41) is 12.2. The van der Waals surface area contributed by atoms with Gasteiger partial charge in [-0.2, -0.15) is 5.10 Å². The van der Waals surface area contributed by atoms with E-state index in [1.54, 1.807) is 4.68 Å². The molecule has 1 amide bonds. The van der Waals surface area contributed by atoms with E-state index in [-0.39, 0.29) is 11.9 Å². The molecular formula is C15H19ClN4O2. The van der Waals surface area contributed by atoms with Gasteiger partial charge in [-0.05, 0) is 12.1 Å². The van der Waals surface area contributed by atoms with Crippen LogP contribution in [0.5, 0.6) is 0 Å². The van der Waals surface area contributed by atoms with Gasteiger partial charge >= 0.3 is 0 Å². The number of aromatic nitrogens is 2. The van der Waals surface area contributed by atoms with Crippen LogP contribution in [-0.2, 0) is 23.1 Å². The first-order valence-corrected chi connectivity index (χ1v) is 7.71. The molecule has 1 aliphatic rings. The predicted molar refractivity (Wildman–Crippen MR) is 84.8 cm³/mol. The van der Waals surface area contributed by atoms with Crippen LogP contribution in [0.2, 0.25) is 5.02 Å². The molecule has 0 unspecified atom stereocenters. The second kappa shape index (κ2) is 6.64. The van der Waals surface area contributed by atoms with Gasteiger partial charge in [0.05, 0.1) is 36.0 Å². The van der Waals surface area contributed by atoms with E-state index in [1.807, 2.05) is 25.2 Å². The second-order valence-electron chi connectivity index (χ2n) is 5.41. The molecule has 0 radical (unpaired) electrons. The third-order valence-corrected chi connectivity index (χ3v) is 4.10. The van der Waals surface area contributed by atoms with Crippen LogP contribution in [0.25, 0.3) is 10.9 Å². The first kappa shape index (κ1) is 15.3. The van der Waals surface area contributed by atoms with Gasteiger partial charge in [0, 0.05) is 31.4 Å². The number of fused-ring (bicyclic) bond motifs is 1. The molecule has 3 rings (SSSR count). The first-order valence-electron chi connectivity index (χ1n) is 7.33. The topological polar surface area (TPSA) is 68.2 Å². The van der Waals surface area contributed by atoms with E-state index in [9.17, 15) is 4.79 Å². The van der Waals surface area contributed by atoms with Crippen LogP contribution in [0.1, 0.15) is 12.1 Å². The Morgan fingerprint density at radius 2 is 2.45 bits per heavy atom. The third kappa shape index (κ3) is 3.24. The second-order valence-corrected chi connectivity index (χ2v) is 5.82. The molecule has 1 aromatic carbocycles. The molecule has 2 heterocycles. The highest BCUT2D eigenvalue weighted by molar-refractivity contribution is 6.35. The quantitative estimate of drug-likeness (QED) is 0.888. The minimum atomic E-state index is -0.0196. The zero-order valence-electron chi connectivity index (χ0n) is 12.4. The maximum atomic E-state index is 12.0. The van der Waals surface area contributed by atoms with E-state index < -0.39 is 0 Å². The minimum absolute atomic E-state index is 0.0196. The van der Waals surface area contributed by atoms with Crippen molar-refractivity contribution >= 4 is 28.4 Å². The van der Waals surface area contributed by atoms with E-state index in [0.29, 0.717) is 31.2 Å². The largest absolute Gasteiger partial charge is 0.378 e. The van der Waals surface area contributed by atoms with Crippen molar-refractivity contribution in [3.05, 3.63) is 28.9 Å². The van der Waals surface area contributed by atoms with Crippen LogP contribution < -0.4 is 10.6 Å². The highest BCUT2D eigenvalue weighted by Crippen LogP contribution is 2.26. The summed E-state index contributed by atoms with van der Waals surface area (Å²) in [6.07, 6.45) is 0.401. The number of amides is 1. The molecule has 0 saturated carbocycles. The molecule has 1 atom stereocenters. The number of ether oxygens (including phenoxy) is 1. The van der Waals surface area contributed by atoms with Gasteiger partial charge in [0.25, 0.3) is 0 Å². The van der Waals surface area contributed by atoms with Crippen molar-refractivity contribution in [1.29, 1.82) is 0 Å². The maximum Gasteiger partial charge on any atom is 0.221 e. The van der Waals surface area contributed by atoms with Crippen molar-refractivity contribution in [2.45, 2.75) is 19.0 Å². The fourth-order valence-corrected chi connectivity index (χ4v) is 2.98. The van der Waals surface area contributed by atoms with Gasteiger partial charge in [-0.25, -0.2) is 0 Å². The summed E-state index contributed by atoms with van der Waals surface area (Å²) in [5.74, 6) is -0.0196. The molecule has 1 fully saturated rings. The lowest BCUT2D eigenvalue weighted by Crippen LogP contribution is -2.44. The van der Waals surface area contributed by atoms with Crippen molar-refractivity contribution in [3.63, 3.8) is 0 Å². The molecule has 2 N–H and O–H groups in total. The Kier molecular flexibility index (Phi) is 4.61. The van der Waals surface area contributed by atoms with Gasteiger partial charge in [0.2, 0.25) is 5.91 Å². The molecule has 0 bridgehead atoms. The summed E-state index contributed by atoms with van der Waals surface area (Å²) in [4.78, 5) is 12.0. The number of morpholine rings is 1. The highest BCUT2D eigenvalue weighted by atomic mass is 35.5. The summed E-state index contributed by atoms with van der Waals surface area (Å²) >= 11 is 6.25. The fraction of sp³-hybridized carbons (Fsp3) is 0.467. The number of hydrogen-bond donors (Lipinski definition) is 2. The van der Waals surface area contributed by atoms with Crippen molar-refractivity contribution in [1.82, 2.24) is 20.4 Å². The molecule has 118 valence electrons. The summed E-state index contributed by atoms with van der Waals surface area (Å²) in [6.45, 7) is 2.44. The standard InChI is InChI=1S/C15H19ClN4O2/c1-20-13-4-2-3-11(16)15(13)12(19-20)8-18-14(21)7-10-9-22-6-5-17-10/h2-4,10,17H,5-9H2,1H3,(H,18,21)/t10-/m0/s1. The van der Waals surface area contributed by atoms with Gasteiger partial charge in [0.15, 0.2) is 0 Å². The van der Waals surface area contributed by atoms with E-state index in [4.69, 9.17) is 16.3 Å². The van der Waals surface area contributed by atoms with Crippen LogP contribution in [0.4, 0.5) is 0 Å². The number of nitrogens with zero attached hydrogens (tertiary/aromatic N) is 2. The Bertz CT molecular complexity index is 679. The predicted octanol–water partition coefficient (Wildman–Crippen LogP) is 1.22. The monoisotopic (exact) mass is 322 g/mol. The number of halogens is 1. The molecule has 7 heteroatoms. The number of nitrogens with one attached hydrogen (secondary N) is 2. The summed E-state index contributed by atoms with van der Waals surface area (Å²) in [5.41, 5.74) is 1.74. The summed E-state index contributed by atoms with van der Waals surface area (Å²) in [7, 11) is 1.87. The minimum Gasteiger partial charge on any atom is -0.378 e. The SMILES string of the molecule is Cn1nc(CNC(=O)C[C@H]2COCCN2)c2c(Cl)cccc21. The number of aryl methyl sites for hydroxylation is 1. The Morgan fingerprint density at radius 3 is 3.23 bits per heavy atom. The smallest absolute Gasteiger partial charge is 0.221 e. The van der Waals surface area contributed by atoms with Crippen LogP contribution in [0, 0.1) is 0 Å². The van der Waals surface area contributed by atoms with Crippen LogP contribution in [-0.4, -0.2) is 41.5 Å². The number of benzene rings is 1. The average Bonchev–Trinajstić information content (AvgIpc) is 2.84. The fourth-order valence-electron chi connectivity index (χ4n) is 2.71. The normalized spacial score (nSPS) is 18.5. The van der Waals surface area contributed by atoms with Gasteiger partial charge < -0.3 is 15.4 Å². The van der Waals surface area contributed by atoms with Gasteiger partial charge in [-0.15, -0.1) is 0 Å². The van der Waals surface area contributed by atoms with Crippen molar-refractivity contribution in [2.75, 3.05) is 19.8 Å². The molecule has 6 nitrogen and oxygen atoms in total. The lowest BCUT2D eigenvalue weighted by molar-refractivity contribution is -0.122. The molecule has 2 aromatic rings. The molecule has 0 aliphatic carbocycles. The third-order valence-electron chi connectivity index (χ3n) is 3.78. The first-order chi connectivity index (χ1) is 10.6. The molecule has 22 heavy (non-hydrogen) atoms. The lowest BCUT2D eigenvalue weighted by atomic mass is 10.2. The molecular weight excluding hydrogens is 304 g/mol. The zero-order chi connectivity index (χ0) is 15.5. The molecule has 1 aliphatic heterocycles. The molecule has 1 aromatic heterocycles. The van der Waals surface area contributed by atoms with Crippen LogP contribution in [0.3, 0.4) is 0 Å². The van der Waals surface area contributed by atoms with E-state index in [1.165, 1.54) is 0 Å². The number of carbonyl (C=O) groups is 1. The Labute approximate surface area is 133 Å². The van der Waals surface area contributed by atoms with Crippen molar-refractivity contribution in [2.24, 2.45) is 7.05 Å². The Morgan fingerprint density at radius 1 is 1.59 bits per heavy atom. The maximum absolute atomic E-state index is 12.0. The van der Waals surface area contributed by atoms with E-state index in [0.717, 1.165) is 23.1 Å². The highest BCUT2D eigenvalue weighted by Gasteiger charge is 2.18. The number of hydrogen-bond acceptors (Lipinski definition) is 4. The van der Waals surface area contributed by atoms with Gasteiger partial charge in [0.1, 0.15) is 0 Å². The van der Waals surface area contributed by atoms with Crippen molar-refractivity contribution in [3.8, 4) is 0 Å².